The maximum absolute atomic E-state index is 14.2. The third-order valence-electron chi connectivity index (χ3n) is 9.78. The van der Waals surface area contributed by atoms with Crippen molar-refractivity contribution in [1.82, 2.24) is 25.3 Å². The van der Waals surface area contributed by atoms with E-state index >= 15 is 0 Å². The Morgan fingerprint density at radius 3 is 2.48 bits per heavy atom. The quantitative estimate of drug-likeness (QED) is 0.334. The van der Waals surface area contributed by atoms with Crippen LogP contribution in [0.1, 0.15) is 44.9 Å². The predicted octanol–water partition coefficient (Wildman–Crippen LogP) is -0.994. The lowest BCUT2D eigenvalue weighted by molar-refractivity contribution is -0.151. The summed E-state index contributed by atoms with van der Waals surface area (Å²) < 4.78 is 11.5. The molecule has 6 bridgehead atoms. The van der Waals surface area contributed by atoms with Crippen LogP contribution < -0.4 is 15.4 Å². The van der Waals surface area contributed by atoms with Crippen molar-refractivity contribution in [1.29, 1.82) is 0 Å². The van der Waals surface area contributed by atoms with Gasteiger partial charge in [-0.1, -0.05) is 37.5 Å². The van der Waals surface area contributed by atoms with E-state index in [0.29, 0.717) is 18.7 Å². The van der Waals surface area contributed by atoms with Crippen molar-refractivity contribution in [2.24, 2.45) is 0 Å². The third-order valence-corrected chi connectivity index (χ3v) is 9.78. The first-order valence-electron chi connectivity index (χ1n) is 15.9. The first-order chi connectivity index (χ1) is 21.3. The number of hydrogen-bond donors (Lipinski definition) is 4. The molecule has 1 aromatic carbocycles. The number of rotatable bonds is 4. The maximum Gasteiger partial charge on any atom is 0.261 e. The minimum absolute atomic E-state index is 0.00705. The molecule has 1 saturated carbocycles. The fourth-order valence-electron chi connectivity index (χ4n) is 7.44. The van der Waals surface area contributed by atoms with Gasteiger partial charge in [0.2, 0.25) is 17.7 Å². The van der Waals surface area contributed by atoms with E-state index in [9.17, 15) is 29.4 Å². The Labute approximate surface area is 256 Å². The van der Waals surface area contributed by atoms with E-state index in [1.165, 1.54) is 11.3 Å². The molecule has 44 heavy (non-hydrogen) atoms. The van der Waals surface area contributed by atoms with Crippen molar-refractivity contribution in [2.75, 3.05) is 39.3 Å². The number of aliphatic hydroxyl groups excluding tert-OH is 2. The number of hydrogen-bond acceptors (Lipinski definition) is 9. The largest absolute Gasteiger partial charge is 0.484 e. The molecule has 4 aliphatic heterocycles. The number of benzene rings is 1. The van der Waals surface area contributed by atoms with Crippen LogP contribution in [-0.2, 0) is 23.9 Å². The van der Waals surface area contributed by atoms with Gasteiger partial charge < -0.3 is 40.1 Å². The van der Waals surface area contributed by atoms with E-state index in [-0.39, 0.29) is 69.0 Å². The van der Waals surface area contributed by atoms with Gasteiger partial charge >= 0.3 is 0 Å². The first-order valence-corrected chi connectivity index (χ1v) is 15.9. The highest BCUT2D eigenvalue weighted by Crippen LogP contribution is 2.31. The Kier molecular flexibility index (Phi) is 9.36. The molecule has 0 spiro atoms. The molecule has 1 aromatic rings. The van der Waals surface area contributed by atoms with Gasteiger partial charge in [0.25, 0.3) is 5.91 Å². The van der Waals surface area contributed by atoms with Gasteiger partial charge in [0.05, 0.1) is 25.1 Å². The third kappa shape index (κ3) is 6.56. The number of piperazine rings is 1. The normalized spacial score (nSPS) is 34.0. The van der Waals surface area contributed by atoms with Crippen molar-refractivity contribution in [3.05, 3.63) is 30.3 Å². The molecule has 13 heteroatoms. The number of aliphatic hydroxyl groups is 2. The Hall–Kier alpha value is -3.26. The highest BCUT2D eigenvalue weighted by molar-refractivity contribution is 5.90. The number of fused-ring (bicyclic) bond motifs is 6. The van der Waals surface area contributed by atoms with Crippen LogP contribution in [0.2, 0.25) is 0 Å². The summed E-state index contributed by atoms with van der Waals surface area (Å²) in [6.07, 6.45) is 1.12. The van der Waals surface area contributed by atoms with Crippen LogP contribution >= 0.6 is 0 Å². The van der Waals surface area contributed by atoms with E-state index in [1.54, 1.807) is 29.2 Å². The lowest BCUT2D eigenvalue weighted by Gasteiger charge is -2.43. The van der Waals surface area contributed by atoms with Crippen molar-refractivity contribution < 1.29 is 38.9 Å². The van der Waals surface area contributed by atoms with Crippen LogP contribution in [0.5, 0.6) is 5.75 Å². The molecule has 240 valence electrons. The van der Waals surface area contributed by atoms with E-state index in [1.807, 2.05) is 6.07 Å². The molecule has 4 saturated heterocycles. The molecule has 1 aliphatic carbocycles. The molecular formula is C31H43N5O8. The number of ether oxygens (including phenoxy) is 2. The number of amides is 4. The van der Waals surface area contributed by atoms with Gasteiger partial charge in [-0.05, 0) is 31.4 Å². The maximum atomic E-state index is 14.2. The summed E-state index contributed by atoms with van der Waals surface area (Å²) in [6.45, 7) is 0.561. The fourth-order valence-corrected chi connectivity index (χ4v) is 7.44. The second-order valence-corrected chi connectivity index (χ2v) is 12.6. The van der Waals surface area contributed by atoms with Crippen molar-refractivity contribution >= 4 is 23.6 Å². The predicted molar refractivity (Wildman–Crippen MR) is 156 cm³/mol. The van der Waals surface area contributed by atoms with E-state index in [4.69, 9.17) is 9.47 Å². The first kappa shape index (κ1) is 30.8. The van der Waals surface area contributed by atoms with Gasteiger partial charge in [-0.3, -0.25) is 24.1 Å². The average Bonchev–Trinajstić information content (AvgIpc) is 3.58. The molecule has 4 amide bonds. The molecule has 5 fully saturated rings. The summed E-state index contributed by atoms with van der Waals surface area (Å²) in [4.78, 5) is 59.5. The van der Waals surface area contributed by atoms with Gasteiger partial charge in [-0.2, -0.15) is 0 Å². The molecule has 13 nitrogen and oxygen atoms in total. The van der Waals surface area contributed by atoms with Gasteiger partial charge in [-0.15, -0.1) is 0 Å². The van der Waals surface area contributed by atoms with Crippen molar-refractivity contribution in [3.8, 4) is 5.75 Å². The second kappa shape index (κ2) is 13.4. The molecule has 0 unspecified atom stereocenters. The SMILES string of the molecule is O=C1C[C@@H]2O[C@H](CNC(=O)[C@@H]3CN(CCN3C(=O)COc3ccccc3)C(=O)[C@@H]3C[C@@H](CN3C3CCCCC3)N1)[C@@H](O)[C@H]2O. The number of carbonyl (C=O) groups excluding carboxylic acids is 4. The van der Waals surface area contributed by atoms with Crippen LogP contribution in [0.3, 0.4) is 0 Å². The minimum Gasteiger partial charge on any atom is -0.484 e. The smallest absolute Gasteiger partial charge is 0.261 e. The van der Waals surface area contributed by atoms with E-state index in [0.717, 1.165) is 25.7 Å². The van der Waals surface area contributed by atoms with Crippen LogP contribution in [-0.4, -0.2) is 136 Å². The highest BCUT2D eigenvalue weighted by atomic mass is 16.5. The zero-order valence-electron chi connectivity index (χ0n) is 24.9. The summed E-state index contributed by atoms with van der Waals surface area (Å²) in [5.74, 6) is -0.759. The lowest BCUT2D eigenvalue weighted by atomic mass is 9.93. The molecule has 4 N–H and O–H groups in total. The van der Waals surface area contributed by atoms with Gasteiger partial charge in [0, 0.05) is 38.3 Å². The monoisotopic (exact) mass is 613 g/mol. The Morgan fingerprint density at radius 2 is 1.70 bits per heavy atom. The van der Waals surface area contributed by atoms with Crippen LogP contribution in [0.15, 0.2) is 30.3 Å². The van der Waals surface area contributed by atoms with Crippen molar-refractivity contribution in [3.63, 3.8) is 0 Å². The van der Waals surface area contributed by atoms with E-state index in [2.05, 4.69) is 15.5 Å². The average molecular weight is 614 g/mol. The lowest BCUT2D eigenvalue weighted by Crippen LogP contribution is -2.64. The summed E-state index contributed by atoms with van der Waals surface area (Å²) >= 11 is 0. The number of para-hydroxylation sites is 1. The van der Waals surface area contributed by atoms with Crippen LogP contribution in [0.25, 0.3) is 0 Å². The Balaban J connectivity index is 1.25. The molecule has 0 aromatic heterocycles. The number of nitrogens with one attached hydrogen (secondary N) is 2. The Bertz CT molecular complexity index is 1210. The van der Waals surface area contributed by atoms with Gasteiger partial charge in [0.1, 0.15) is 30.1 Å². The minimum atomic E-state index is -1.30. The molecule has 7 atom stereocenters. The molecule has 6 rings (SSSR count). The highest BCUT2D eigenvalue weighted by Gasteiger charge is 2.47. The number of likely N-dealkylation sites (tertiary alicyclic amines) is 1. The summed E-state index contributed by atoms with van der Waals surface area (Å²) in [6, 6.07) is 7.47. The molecule has 5 aliphatic rings. The second-order valence-electron chi connectivity index (χ2n) is 12.6. The molecular weight excluding hydrogens is 570 g/mol. The zero-order chi connectivity index (χ0) is 30.8. The summed E-state index contributed by atoms with van der Waals surface area (Å²) in [5.41, 5.74) is 0. The Morgan fingerprint density at radius 1 is 0.955 bits per heavy atom. The summed E-state index contributed by atoms with van der Waals surface area (Å²) in [5, 5.41) is 27.1. The fraction of sp³-hybridized carbons (Fsp3) is 0.677. The zero-order valence-corrected chi connectivity index (χ0v) is 24.9. The van der Waals surface area contributed by atoms with Crippen LogP contribution in [0.4, 0.5) is 0 Å². The number of nitrogens with zero attached hydrogens (tertiary/aromatic N) is 3. The van der Waals surface area contributed by atoms with E-state index < -0.39 is 42.4 Å². The van der Waals surface area contributed by atoms with Gasteiger partial charge in [-0.25, -0.2) is 0 Å². The van der Waals surface area contributed by atoms with Crippen molar-refractivity contribution in [2.45, 2.75) is 93.5 Å². The molecule has 4 heterocycles. The van der Waals surface area contributed by atoms with Crippen LogP contribution in [0, 0.1) is 0 Å². The topological polar surface area (TPSA) is 161 Å². The van der Waals surface area contributed by atoms with Gasteiger partial charge in [0.15, 0.2) is 6.61 Å². The standard InChI is InChI=1S/C31H43N5O8/c37-26-14-24-28(39)29(40)25(44-24)15-32-30(41)23-17-34(11-12-35(23)27(38)18-43-21-9-5-2-6-10-21)31(42)22-13-19(33-26)16-36(22)20-7-3-1-4-8-20/h2,5-6,9-10,19-20,22-25,28-29,39-40H,1,3-4,7-8,11-18H2,(H,32,41)(H,33,37)/t19-,22-,23-,24-,25+,28-,29+/m0/s1. The summed E-state index contributed by atoms with van der Waals surface area (Å²) in [7, 11) is 0. The molecule has 0 radical (unpaired) electrons. The number of carbonyl (C=O) groups is 4.